The number of fused-ring (bicyclic) bond motifs is 12. The van der Waals surface area contributed by atoms with Crippen LogP contribution in [0, 0.1) is 0 Å². The standard InChI is InChI=1S/C64H38N4O2/c1-2-17-39(18-3-1)40-35-36-54-49(38-40)45-23-6-11-30-53(45)68(54)42-20-14-19-41(37-42)61-65-62(48-26-15-33-57-59(48)46-24-7-12-31-55(46)69-57)67-63(66-61)64(50-27-9-4-21-43(50)44-22-5-10-28-51(44)64)52-29-16-34-58-60(52)47-25-8-13-32-56(47)70-58/h1-38H. The molecule has 14 aromatic rings. The van der Waals surface area contributed by atoms with Crippen molar-refractivity contribution >= 4 is 65.7 Å². The Hall–Kier alpha value is -9.39. The maximum atomic E-state index is 6.65. The lowest BCUT2D eigenvalue weighted by Gasteiger charge is -2.32. The van der Waals surface area contributed by atoms with Crippen LogP contribution in [0.4, 0.5) is 0 Å². The lowest BCUT2D eigenvalue weighted by Crippen LogP contribution is -2.32. The number of para-hydroxylation sites is 3. The lowest BCUT2D eigenvalue weighted by molar-refractivity contribution is 0.665. The van der Waals surface area contributed by atoms with E-state index in [0.717, 1.165) is 99.5 Å². The topological polar surface area (TPSA) is 69.9 Å². The number of furan rings is 2. The summed E-state index contributed by atoms with van der Waals surface area (Å²) in [5.74, 6) is 1.73. The fourth-order valence-electron chi connectivity index (χ4n) is 11.6. The quantitative estimate of drug-likeness (QED) is 0.166. The van der Waals surface area contributed by atoms with Crippen LogP contribution >= 0.6 is 0 Å². The Bertz CT molecular complexity index is 4400. The van der Waals surface area contributed by atoms with Crippen LogP contribution in [-0.4, -0.2) is 19.5 Å². The van der Waals surface area contributed by atoms with Gasteiger partial charge < -0.3 is 13.4 Å². The number of rotatable bonds is 6. The summed E-state index contributed by atoms with van der Waals surface area (Å²) in [6.45, 7) is 0. The number of hydrogen-bond donors (Lipinski definition) is 0. The summed E-state index contributed by atoms with van der Waals surface area (Å²) in [5.41, 5.74) is 15.0. The van der Waals surface area contributed by atoms with Crippen molar-refractivity contribution < 1.29 is 8.83 Å². The van der Waals surface area contributed by atoms with Gasteiger partial charge in [0.25, 0.3) is 0 Å². The largest absolute Gasteiger partial charge is 0.456 e. The third kappa shape index (κ3) is 5.47. The summed E-state index contributed by atoms with van der Waals surface area (Å²) >= 11 is 0. The van der Waals surface area contributed by atoms with Crippen molar-refractivity contribution in [3.8, 4) is 50.7 Å². The molecule has 0 saturated carbocycles. The van der Waals surface area contributed by atoms with Crippen LogP contribution in [0.3, 0.4) is 0 Å². The molecule has 4 aromatic heterocycles. The van der Waals surface area contributed by atoms with E-state index in [0.29, 0.717) is 17.5 Å². The predicted molar refractivity (Wildman–Crippen MR) is 282 cm³/mol. The summed E-state index contributed by atoms with van der Waals surface area (Å²) in [6, 6.07) is 81.2. The molecule has 15 rings (SSSR count). The Morgan fingerprint density at radius 3 is 1.64 bits per heavy atom. The van der Waals surface area contributed by atoms with Gasteiger partial charge in [-0.3, -0.25) is 0 Å². The molecule has 0 fully saturated rings. The summed E-state index contributed by atoms with van der Waals surface area (Å²) in [5, 5.41) is 6.40. The molecule has 0 N–H and O–H groups in total. The molecule has 0 saturated heterocycles. The van der Waals surface area contributed by atoms with Crippen molar-refractivity contribution in [3.63, 3.8) is 0 Å². The van der Waals surface area contributed by atoms with E-state index in [1.807, 2.05) is 36.4 Å². The molecule has 0 bridgehead atoms. The second kappa shape index (κ2) is 14.8. The smallest absolute Gasteiger partial charge is 0.164 e. The maximum absolute atomic E-state index is 6.65. The average molecular weight is 895 g/mol. The van der Waals surface area contributed by atoms with Crippen LogP contribution < -0.4 is 0 Å². The molecule has 10 aromatic carbocycles. The molecule has 0 atom stereocenters. The third-order valence-electron chi connectivity index (χ3n) is 14.5. The minimum absolute atomic E-state index is 0.554. The fourth-order valence-corrected chi connectivity index (χ4v) is 11.6. The monoisotopic (exact) mass is 894 g/mol. The molecule has 0 amide bonds. The minimum atomic E-state index is -1.00. The summed E-state index contributed by atoms with van der Waals surface area (Å²) in [6.07, 6.45) is 0. The van der Waals surface area contributed by atoms with Gasteiger partial charge in [0.1, 0.15) is 27.7 Å². The van der Waals surface area contributed by atoms with Gasteiger partial charge in [-0.1, -0.05) is 176 Å². The maximum Gasteiger partial charge on any atom is 0.164 e. The average Bonchev–Trinajstić information content (AvgIpc) is 4.18. The summed E-state index contributed by atoms with van der Waals surface area (Å²) in [4.78, 5) is 17.0. The number of aromatic nitrogens is 4. The van der Waals surface area contributed by atoms with Crippen LogP contribution in [0.2, 0.25) is 0 Å². The predicted octanol–water partition coefficient (Wildman–Crippen LogP) is 16.1. The van der Waals surface area contributed by atoms with Crippen LogP contribution in [0.25, 0.3) is 116 Å². The first kappa shape index (κ1) is 38.7. The molecule has 6 heteroatoms. The zero-order valence-corrected chi connectivity index (χ0v) is 37.5. The molecule has 1 aliphatic carbocycles. The minimum Gasteiger partial charge on any atom is -0.456 e. The molecular formula is C64H38N4O2. The summed E-state index contributed by atoms with van der Waals surface area (Å²) < 4.78 is 15.5. The van der Waals surface area contributed by atoms with Crippen molar-refractivity contribution in [3.05, 3.63) is 253 Å². The van der Waals surface area contributed by atoms with Crippen molar-refractivity contribution in [2.45, 2.75) is 5.41 Å². The van der Waals surface area contributed by atoms with E-state index in [-0.39, 0.29) is 0 Å². The van der Waals surface area contributed by atoms with Gasteiger partial charge in [0.05, 0.1) is 11.0 Å². The van der Waals surface area contributed by atoms with E-state index in [2.05, 4.69) is 199 Å². The molecule has 0 radical (unpaired) electrons. The molecule has 70 heavy (non-hydrogen) atoms. The van der Waals surface area contributed by atoms with Gasteiger partial charge in [0.15, 0.2) is 17.5 Å². The number of hydrogen-bond acceptors (Lipinski definition) is 5. The van der Waals surface area contributed by atoms with E-state index in [1.54, 1.807) is 0 Å². The first-order chi connectivity index (χ1) is 34.7. The van der Waals surface area contributed by atoms with Crippen molar-refractivity contribution in [1.29, 1.82) is 0 Å². The van der Waals surface area contributed by atoms with Gasteiger partial charge in [-0.2, -0.15) is 0 Å². The second-order valence-corrected chi connectivity index (χ2v) is 18.2. The highest BCUT2D eigenvalue weighted by Crippen LogP contribution is 2.57. The molecule has 0 unspecified atom stereocenters. The molecule has 1 aliphatic rings. The Kier molecular flexibility index (Phi) is 8.18. The molecule has 6 nitrogen and oxygen atoms in total. The highest BCUT2D eigenvalue weighted by molar-refractivity contribution is 6.13. The Morgan fingerprint density at radius 2 is 0.871 bits per heavy atom. The van der Waals surface area contributed by atoms with Crippen molar-refractivity contribution in [1.82, 2.24) is 19.5 Å². The molecule has 326 valence electrons. The van der Waals surface area contributed by atoms with Gasteiger partial charge in [-0.05, 0) is 93.5 Å². The van der Waals surface area contributed by atoms with Crippen LogP contribution in [0.15, 0.2) is 239 Å². The van der Waals surface area contributed by atoms with Crippen LogP contribution in [-0.2, 0) is 5.41 Å². The van der Waals surface area contributed by atoms with E-state index in [9.17, 15) is 0 Å². The zero-order chi connectivity index (χ0) is 45.9. The molecule has 0 spiro atoms. The molecule has 0 aliphatic heterocycles. The Balaban J connectivity index is 1.04. The van der Waals surface area contributed by atoms with E-state index in [1.165, 1.54) is 21.9 Å². The molecular weight excluding hydrogens is 857 g/mol. The van der Waals surface area contributed by atoms with Gasteiger partial charge in [-0.15, -0.1) is 0 Å². The highest BCUT2D eigenvalue weighted by Gasteiger charge is 2.50. The van der Waals surface area contributed by atoms with Gasteiger partial charge >= 0.3 is 0 Å². The second-order valence-electron chi connectivity index (χ2n) is 18.2. The van der Waals surface area contributed by atoms with E-state index >= 15 is 0 Å². The van der Waals surface area contributed by atoms with Gasteiger partial charge in [0, 0.05) is 49.1 Å². The van der Waals surface area contributed by atoms with Gasteiger partial charge in [0.2, 0.25) is 0 Å². The first-order valence-corrected chi connectivity index (χ1v) is 23.7. The number of benzene rings is 10. The molecule has 4 heterocycles. The van der Waals surface area contributed by atoms with Crippen LogP contribution in [0.5, 0.6) is 0 Å². The normalized spacial score (nSPS) is 13.0. The SMILES string of the molecule is c1ccc(-c2ccc3c(c2)c2ccccc2n3-c2cccc(-c3nc(-c4cccc5oc6ccccc6c45)nc(C4(c5cccc6oc7ccccc7c56)c5ccccc5-c5ccccc54)n3)c2)cc1. The van der Waals surface area contributed by atoms with Crippen LogP contribution in [0.1, 0.15) is 22.5 Å². The summed E-state index contributed by atoms with van der Waals surface area (Å²) in [7, 11) is 0. The van der Waals surface area contributed by atoms with E-state index in [4.69, 9.17) is 23.8 Å². The highest BCUT2D eigenvalue weighted by atomic mass is 16.3. The third-order valence-corrected chi connectivity index (χ3v) is 14.5. The van der Waals surface area contributed by atoms with E-state index < -0.39 is 5.41 Å². The number of nitrogens with zero attached hydrogens (tertiary/aromatic N) is 4. The Labute approximate surface area is 401 Å². The van der Waals surface area contributed by atoms with Crippen molar-refractivity contribution in [2.75, 3.05) is 0 Å². The van der Waals surface area contributed by atoms with Gasteiger partial charge in [-0.25, -0.2) is 15.0 Å². The fraction of sp³-hybridized carbons (Fsp3) is 0.0156. The zero-order valence-electron chi connectivity index (χ0n) is 37.5. The Morgan fingerprint density at radius 1 is 0.329 bits per heavy atom. The van der Waals surface area contributed by atoms with Crippen molar-refractivity contribution in [2.24, 2.45) is 0 Å². The first-order valence-electron chi connectivity index (χ1n) is 23.7. The lowest BCUT2D eigenvalue weighted by atomic mass is 9.70.